The van der Waals surface area contributed by atoms with Gasteiger partial charge in [0.2, 0.25) is 0 Å². The highest BCUT2D eigenvalue weighted by atomic mass is 16.5. The summed E-state index contributed by atoms with van der Waals surface area (Å²) in [6.07, 6.45) is 7.46. The minimum absolute atomic E-state index is 0.178. The van der Waals surface area contributed by atoms with E-state index in [1.54, 1.807) is 18.6 Å². The van der Waals surface area contributed by atoms with E-state index in [2.05, 4.69) is 20.6 Å². The lowest BCUT2D eigenvalue weighted by Gasteiger charge is -2.28. The van der Waals surface area contributed by atoms with Crippen molar-refractivity contribution in [3.05, 3.63) is 81.0 Å². The summed E-state index contributed by atoms with van der Waals surface area (Å²) >= 11 is 0. The summed E-state index contributed by atoms with van der Waals surface area (Å²) in [5.41, 5.74) is 1.20. The van der Waals surface area contributed by atoms with Crippen LogP contribution in [0.4, 0.5) is 22.9 Å². The van der Waals surface area contributed by atoms with Crippen molar-refractivity contribution in [2.24, 2.45) is 0 Å². The number of anilines is 4. The van der Waals surface area contributed by atoms with Crippen molar-refractivity contribution in [3.63, 3.8) is 0 Å². The molecule has 0 saturated carbocycles. The predicted octanol–water partition coefficient (Wildman–Crippen LogP) is 3.15. The highest BCUT2D eigenvalue weighted by Gasteiger charge is 2.33. The van der Waals surface area contributed by atoms with Crippen molar-refractivity contribution in [2.75, 3.05) is 29.2 Å². The fourth-order valence-corrected chi connectivity index (χ4v) is 4.77. The van der Waals surface area contributed by atoms with Gasteiger partial charge < -0.3 is 20.3 Å². The number of nitrogens with one attached hydrogen (secondary N) is 2. The zero-order valence-corrected chi connectivity index (χ0v) is 20.2. The number of hydrogen-bond donors (Lipinski definition) is 2. The minimum Gasteiger partial charge on any atom is -0.467 e. The van der Waals surface area contributed by atoms with Crippen LogP contribution in [-0.2, 0) is 16.0 Å². The summed E-state index contributed by atoms with van der Waals surface area (Å²) in [5.74, 6) is 0.198. The summed E-state index contributed by atoms with van der Waals surface area (Å²) in [5, 5.41) is 8.27. The van der Waals surface area contributed by atoms with E-state index < -0.39 is 22.9 Å². The van der Waals surface area contributed by atoms with Gasteiger partial charge in [-0.3, -0.25) is 14.6 Å². The number of nitrogens with zero attached hydrogens (tertiary/aromatic N) is 3. The average molecular weight is 486 g/mol. The fourth-order valence-electron chi connectivity index (χ4n) is 4.77. The van der Waals surface area contributed by atoms with Crippen LogP contribution in [0.2, 0.25) is 0 Å². The largest absolute Gasteiger partial charge is 0.467 e. The van der Waals surface area contributed by atoms with E-state index in [1.165, 1.54) is 7.11 Å². The number of carbonyl (C=O) groups is 1. The number of esters is 1. The second-order valence-electron chi connectivity index (χ2n) is 9.07. The van der Waals surface area contributed by atoms with Gasteiger partial charge in [-0.2, -0.15) is 0 Å². The van der Waals surface area contributed by atoms with Crippen molar-refractivity contribution in [1.82, 2.24) is 9.97 Å². The van der Waals surface area contributed by atoms with Crippen LogP contribution >= 0.6 is 0 Å². The van der Waals surface area contributed by atoms with Gasteiger partial charge in [-0.05, 0) is 55.0 Å². The Morgan fingerprint density at radius 3 is 2.64 bits per heavy atom. The van der Waals surface area contributed by atoms with Gasteiger partial charge in [-0.25, -0.2) is 9.78 Å². The van der Waals surface area contributed by atoms with Crippen molar-refractivity contribution >= 4 is 39.6 Å². The number of methoxy groups -OCH3 is 1. The third-order valence-corrected chi connectivity index (χ3v) is 6.75. The van der Waals surface area contributed by atoms with Gasteiger partial charge in [-0.15, -0.1) is 0 Å². The van der Waals surface area contributed by atoms with E-state index in [9.17, 15) is 14.4 Å². The van der Waals surface area contributed by atoms with Gasteiger partial charge in [0.05, 0.1) is 7.11 Å². The lowest BCUT2D eigenvalue weighted by Crippen LogP contribution is -2.46. The molecule has 9 nitrogen and oxygen atoms in total. The number of benzene rings is 1. The molecule has 0 aliphatic carbocycles. The molecule has 2 atom stereocenters. The number of ether oxygens (including phenoxy) is 1. The molecule has 3 heterocycles. The molecule has 1 aliphatic heterocycles. The maximum Gasteiger partial charge on any atom is 0.328 e. The van der Waals surface area contributed by atoms with E-state index in [4.69, 9.17) is 4.74 Å². The molecule has 2 N–H and O–H groups in total. The highest BCUT2D eigenvalue weighted by Crippen LogP contribution is 2.29. The molecule has 4 aromatic rings. The molecule has 2 aromatic heterocycles. The van der Waals surface area contributed by atoms with Gasteiger partial charge in [0, 0.05) is 48.7 Å². The SMILES string of the molecule is COC(=O)[C@H](Cc1ccc(Nc2nccc3ccncc23)cc1)Nc1c(N2CCC[C@H]2C)c(=O)c1=O. The van der Waals surface area contributed by atoms with Gasteiger partial charge in [0.15, 0.2) is 0 Å². The first-order valence-electron chi connectivity index (χ1n) is 11.9. The molecule has 0 amide bonds. The van der Waals surface area contributed by atoms with Crippen LogP contribution in [0.1, 0.15) is 25.3 Å². The summed E-state index contributed by atoms with van der Waals surface area (Å²) in [7, 11) is 1.31. The molecule has 1 aliphatic rings. The van der Waals surface area contributed by atoms with Crippen LogP contribution in [0.3, 0.4) is 0 Å². The van der Waals surface area contributed by atoms with Gasteiger partial charge >= 0.3 is 5.97 Å². The lowest BCUT2D eigenvalue weighted by molar-refractivity contribution is -0.141. The molecule has 5 rings (SSSR count). The smallest absolute Gasteiger partial charge is 0.328 e. The summed E-state index contributed by atoms with van der Waals surface area (Å²) < 4.78 is 4.98. The Bertz CT molecular complexity index is 1470. The van der Waals surface area contributed by atoms with E-state index >= 15 is 0 Å². The van der Waals surface area contributed by atoms with Crippen LogP contribution in [0.5, 0.6) is 0 Å². The minimum atomic E-state index is -0.806. The summed E-state index contributed by atoms with van der Waals surface area (Å²) in [6, 6.07) is 10.8. The van der Waals surface area contributed by atoms with Crippen LogP contribution in [0.25, 0.3) is 10.8 Å². The Labute approximate surface area is 207 Å². The Morgan fingerprint density at radius 2 is 1.92 bits per heavy atom. The van der Waals surface area contributed by atoms with E-state index in [1.807, 2.05) is 48.2 Å². The molecule has 184 valence electrons. The van der Waals surface area contributed by atoms with Crippen molar-refractivity contribution in [1.29, 1.82) is 0 Å². The third-order valence-electron chi connectivity index (χ3n) is 6.75. The van der Waals surface area contributed by atoms with Gasteiger partial charge in [0.1, 0.15) is 23.2 Å². The molecular formula is C27H27N5O4. The first kappa shape index (κ1) is 23.5. The monoisotopic (exact) mass is 485 g/mol. The highest BCUT2D eigenvalue weighted by molar-refractivity contribution is 5.92. The fraction of sp³-hybridized carbons (Fsp3) is 0.296. The maximum atomic E-state index is 12.6. The third kappa shape index (κ3) is 4.39. The van der Waals surface area contributed by atoms with Crippen LogP contribution in [0.15, 0.2) is 64.6 Å². The number of rotatable bonds is 8. The zero-order chi connectivity index (χ0) is 25.2. The molecule has 0 spiro atoms. The molecule has 1 saturated heterocycles. The molecular weight excluding hydrogens is 458 g/mol. The maximum absolute atomic E-state index is 12.6. The van der Waals surface area contributed by atoms with Crippen molar-refractivity contribution < 1.29 is 9.53 Å². The quantitative estimate of drug-likeness (QED) is 0.287. The van der Waals surface area contributed by atoms with E-state index in [0.29, 0.717) is 11.5 Å². The Hall–Kier alpha value is -4.27. The zero-order valence-electron chi connectivity index (χ0n) is 20.2. The molecule has 0 radical (unpaired) electrons. The standard InChI is InChI=1S/C27H27N5O4/c1-16-4-3-13-32(16)23-22(24(33)25(23)34)31-21(27(35)36-2)14-17-5-7-19(8-6-17)30-26-20-15-28-11-9-18(20)10-12-29-26/h5-12,15-16,21,31H,3-4,13-14H2,1-2H3,(H,29,30)/t16-,21+/m1/s1. The molecule has 9 heteroatoms. The molecule has 0 bridgehead atoms. The molecule has 0 unspecified atom stereocenters. The average Bonchev–Trinajstić information content (AvgIpc) is 3.33. The summed E-state index contributed by atoms with van der Waals surface area (Å²) in [6.45, 7) is 2.75. The topological polar surface area (TPSA) is 114 Å². The molecule has 1 fully saturated rings. The number of carbonyl (C=O) groups excluding carboxylic acids is 1. The van der Waals surface area contributed by atoms with Crippen molar-refractivity contribution in [3.8, 4) is 0 Å². The molecule has 36 heavy (non-hydrogen) atoms. The van der Waals surface area contributed by atoms with Gasteiger partial charge in [0.25, 0.3) is 10.9 Å². The van der Waals surface area contributed by atoms with Gasteiger partial charge in [-0.1, -0.05) is 12.1 Å². The number of aromatic nitrogens is 2. The second kappa shape index (κ2) is 9.77. The number of fused-ring (bicyclic) bond motifs is 1. The van der Waals surface area contributed by atoms with Crippen LogP contribution in [-0.4, -0.2) is 41.7 Å². The normalized spacial score (nSPS) is 16.3. The predicted molar refractivity (Wildman–Crippen MR) is 140 cm³/mol. The lowest BCUT2D eigenvalue weighted by atomic mass is 10.0. The summed E-state index contributed by atoms with van der Waals surface area (Å²) in [4.78, 5) is 47.8. The molecule has 2 aromatic carbocycles. The first-order valence-corrected chi connectivity index (χ1v) is 11.9. The van der Waals surface area contributed by atoms with Crippen LogP contribution < -0.4 is 26.4 Å². The number of hydrogen-bond acceptors (Lipinski definition) is 9. The first-order chi connectivity index (χ1) is 17.5. The second-order valence-corrected chi connectivity index (χ2v) is 9.07. The van der Waals surface area contributed by atoms with E-state index in [-0.39, 0.29) is 18.2 Å². The number of pyridine rings is 2. The Balaban J connectivity index is 1.33. The Kier molecular flexibility index (Phi) is 6.37. The van der Waals surface area contributed by atoms with Crippen LogP contribution in [0, 0.1) is 0 Å². The Morgan fingerprint density at radius 1 is 1.14 bits per heavy atom. The van der Waals surface area contributed by atoms with Crippen molar-refractivity contribution in [2.45, 2.75) is 38.3 Å². The van der Waals surface area contributed by atoms with E-state index in [0.717, 1.165) is 41.4 Å².